The largest absolute Gasteiger partial charge is 0.376 e. The van der Waals surface area contributed by atoms with Crippen LogP contribution in [-0.4, -0.2) is 34.4 Å². The van der Waals surface area contributed by atoms with Crippen molar-refractivity contribution >= 4 is 5.91 Å². The molecule has 1 amide bonds. The van der Waals surface area contributed by atoms with Crippen LogP contribution in [0.2, 0.25) is 0 Å². The van der Waals surface area contributed by atoms with Crippen LogP contribution in [0.1, 0.15) is 31.2 Å². The van der Waals surface area contributed by atoms with E-state index in [2.05, 4.69) is 10.4 Å². The van der Waals surface area contributed by atoms with Crippen molar-refractivity contribution in [3.05, 3.63) is 17.5 Å². The summed E-state index contributed by atoms with van der Waals surface area (Å²) >= 11 is 0. The maximum atomic E-state index is 11.9. The van der Waals surface area contributed by atoms with E-state index in [0.29, 0.717) is 0 Å². The molecule has 5 heteroatoms. The molecule has 1 aliphatic heterocycles. The van der Waals surface area contributed by atoms with Crippen LogP contribution in [0.3, 0.4) is 0 Å². The molecule has 2 heterocycles. The number of carbonyl (C=O) groups excluding carboxylic acids is 1. The third-order valence-corrected chi connectivity index (χ3v) is 3.31. The highest BCUT2D eigenvalue weighted by Crippen LogP contribution is 2.15. The first kappa shape index (κ1) is 13.1. The van der Waals surface area contributed by atoms with E-state index < -0.39 is 0 Å². The van der Waals surface area contributed by atoms with Crippen LogP contribution in [0.25, 0.3) is 0 Å². The average Bonchev–Trinajstić information content (AvgIpc) is 2.89. The van der Waals surface area contributed by atoms with Crippen LogP contribution in [-0.2, 0) is 16.1 Å². The van der Waals surface area contributed by atoms with E-state index in [1.54, 1.807) is 4.68 Å². The van der Waals surface area contributed by atoms with E-state index >= 15 is 0 Å². The number of hydrogen-bond donors (Lipinski definition) is 1. The second kappa shape index (κ2) is 5.52. The number of aromatic nitrogens is 2. The monoisotopic (exact) mass is 251 g/mol. The molecule has 0 saturated carbocycles. The number of ether oxygens (including phenoxy) is 1. The van der Waals surface area contributed by atoms with Gasteiger partial charge < -0.3 is 10.1 Å². The van der Waals surface area contributed by atoms with Crippen LogP contribution in [0.4, 0.5) is 0 Å². The van der Waals surface area contributed by atoms with Crippen molar-refractivity contribution in [3.8, 4) is 0 Å². The summed E-state index contributed by atoms with van der Waals surface area (Å²) in [6, 6.07) is 2.04. The van der Waals surface area contributed by atoms with Gasteiger partial charge in [-0.25, -0.2) is 0 Å². The molecule has 2 unspecified atom stereocenters. The van der Waals surface area contributed by atoms with E-state index in [0.717, 1.165) is 30.8 Å². The summed E-state index contributed by atoms with van der Waals surface area (Å²) in [5.41, 5.74) is 1.94. The van der Waals surface area contributed by atoms with Gasteiger partial charge in [0.05, 0.1) is 17.8 Å². The Labute approximate surface area is 108 Å². The van der Waals surface area contributed by atoms with Crippen LogP contribution >= 0.6 is 0 Å². The van der Waals surface area contributed by atoms with Crippen molar-refractivity contribution in [1.29, 1.82) is 0 Å². The highest BCUT2D eigenvalue weighted by Gasteiger charge is 2.23. The summed E-state index contributed by atoms with van der Waals surface area (Å²) in [5.74, 6) is -0.0100. The molecule has 0 aromatic carbocycles. The van der Waals surface area contributed by atoms with E-state index in [9.17, 15) is 4.79 Å². The molecule has 1 aromatic rings. The fourth-order valence-electron chi connectivity index (χ4n) is 2.36. The van der Waals surface area contributed by atoms with E-state index in [-0.39, 0.29) is 24.6 Å². The van der Waals surface area contributed by atoms with E-state index in [4.69, 9.17) is 4.74 Å². The number of amides is 1. The standard InChI is InChI=1S/C13H21N3O2/c1-9-7-10(2)16(15-9)8-13(17)14-11(3)12-5-4-6-18-12/h7,11-12H,4-6,8H2,1-3H3,(H,14,17). The Morgan fingerprint density at radius 1 is 1.67 bits per heavy atom. The molecule has 0 radical (unpaired) electrons. The molecule has 0 aliphatic carbocycles. The maximum absolute atomic E-state index is 11.9. The van der Waals surface area contributed by atoms with Gasteiger partial charge in [0.1, 0.15) is 6.54 Å². The molecule has 1 saturated heterocycles. The summed E-state index contributed by atoms with van der Waals surface area (Å²) in [6.45, 7) is 6.96. The molecule has 2 atom stereocenters. The molecule has 2 rings (SSSR count). The lowest BCUT2D eigenvalue weighted by Gasteiger charge is -2.20. The van der Waals surface area contributed by atoms with Gasteiger partial charge in [0, 0.05) is 12.3 Å². The number of nitrogens with one attached hydrogen (secondary N) is 1. The number of aryl methyl sites for hydroxylation is 2. The lowest BCUT2D eigenvalue weighted by molar-refractivity contribution is -0.123. The summed E-state index contributed by atoms with van der Waals surface area (Å²) in [6.07, 6.45) is 2.28. The van der Waals surface area contributed by atoms with Crippen molar-refractivity contribution in [2.45, 2.75) is 52.3 Å². The SMILES string of the molecule is Cc1cc(C)n(CC(=O)NC(C)C2CCCO2)n1. The zero-order chi connectivity index (χ0) is 13.1. The normalized spacial score (nSPS) is 20.9. The van der Waals surface area contributed by atoms with Crippen LogP contribution in [0.5, 0.6) is 0 Å². The molecular weight excluding hydrogens is 230 g/mol. The molecule has 0 spiro atoms. The summed E-state index contributed by atoms with van der Waals surface area (Å²) < 4.78 is 7.29. The summed E-state index contributed by atoms with van der Waals surface area (Å²) in [5, 5.41) is 7.26. The van der Waals surface area contributed by atoms with Gasteiger partial charge in [-0.1, -0.05) is 0 Å². The lowest BCUT2D eigenvalue weighted by atomic mass is 10.1. The Kier molecular flexibility index (Phi) is 4.01. The Morgan fingerprint density at radius 3 is 3.00 bits per heavy atom. The van der Waals surface area contributed by atoms with Crippen molar-refractivity contribution in [2.75, 3.05) is 6.61 Å². The number of carbonyl (C=O) groups is 1. The van der Waals surface area contributed by atoms with Crippen LogP contribution in [0, 0.1) is 13.8 Å². The molecule has 18 heavy (non-hydrogen) atoms. The molecule has 100 valence electrons. The van der Waals surface area contributed by atoms with Gasteiger partial charge in [0.25, 0.3) is 0 Å². The number of hydrogen-bond acceptors (Lipinski definition) is 3. The van der Waals surface area contributed by atoms with Gasteiger partial charge in [0.2, 0.25) is 5.91 Å². The van der Waals surface area contributed by atoms with Crippen LogP contribution in [0.15, 0.2) is 6.07 Å². The molecule has 1 fully saturated rings. The van der Waals surface area contributed by atoms with Gasteiger partial charge in [-0.3, -0.25) is 9.48 Å². The maximum Gasteiger partial charge on any atom is 0.242 e. The fraction of sp³-hybridized carbons (Fsp3) is 0.692. The topological polar surface area (TPSA) is 56.2 Å². The first-order valence-corrected chi connectivity index (χ1v) is 6.48. The zero-order valence-corrected chi connectivity index (χ0v) is 11.3. The van der Waals surface area contributed by atoms with Gasteiger partial charge in [-0.2, -0.15) is 5.10 Å². The molecule has 1 N–H and O–H groups in total. The van der Waals surface area contributed by atoms with Gasteiger partial charge in [0.15, 0.2) is 0 Å². The fourth-order valence-corrected chi connectivity index (χ4v) is 2.36. The second-order valence-corrected chi connectivity index (χ2v) is 4.99. The Hall–Kier alpha value is -1.36. The molecule has 5 nitrogen and oxygen atoms in total. The van der Waals surface area contributed by atoms with Crippen LogP contribution < -0.4 is 5.32 Å². The highest BCUT2D eigenvalue weighted by atomic mass is 16.5. The minimum Gasteiger partial charge on any atom is -0.376 e. The highest BCUT2D eigenvalue weighted by molar-refractivity contribution is 5.76. The van der Waals surface area contributed by atoms with Crippen molar-refractivity contribution in [1.82, 2.24) is 15.1 Å². The second-order valence-electron chi connectivity index (χ2n) is 4.99. The Bertz CT molecular complexity index is 422. The molecule has 0 bridgehead atoms. The lowest BCUT2D eigenvalue weighted by Crippen LogP contribution is -2.42. The summed E-state index contributed by atoms with van der Waals surface area (Å²) in [7, 11) is 0. The van der Waals surface area contributed by atoms with E-state index in [1.807, 2.05) is 26.8 Å². The van der Waals surface area contributed by atoms with E-state index in [1.165, 1.54) is 0 Å². The van der Waals surface area contributed by atoms with Crippen molar-refractivity contribution < 1.29 is 9.53 Å². The predicted molar refractivity (Wildman–Crippen MR) is 68.3 cm³/mol. The predicted octanol–water partition coefficient (Wildman–Crippen LogP) is 1.18. The smallest absolute Gasteiger partial charge is 0.242 e. The van der Waals surface area contributed by atoms with Gasteiger partial charge in [-0.15, -0.1) is 0 Å². The molecule has 1 aromatic heterocycles. The van der Waals surface area contributed by atoms with Gasteiger partial charge in [-0.05, 0) is 39.7 Å². The third-order valence-electron chi connectivity index (χ3n) is 3.31. The summed E-state index contributed by atoms with van der Waals surface area (Å²) in [4.78, 5) is 11.9. The Balaban J connectivity index is 1.86. The molecule has 1 aliphatic rings. The quantitative estimate of drug-likeness (QED) is 0.874. The number of nitrogens with zero attached hydrogens (tertiary/aromatic N) is 2. The minimum atomic E-state index is -0.0100. The first-order chi connectivity index (χ1) is 8.56. The Morgan fingerprint density at radius 2 is 2.44 bits per heavy atom. The average molecular weight is 251 g/mol. The number of rotatable bonds is 4. The van der Waals surface area contributed by atoms with Crippen molar-refractivity contribution in [2.24, 2.45) is 0 Å². The first-order valence-electron chi connectivity index (χ1n) is 6.48. The minimum absolute atomic E-state index is 0.0100. The van der Waals surface area contributed by atoms with Gasteiger partial charge >= 0.3 is 0 Å². The van der Waals surface area contributed by atoms with Crippen molar-refractivity contribution in [3.63, 3.8) is 0 Å². The molecular formula is C13H21N3O2. The zero-order valence-electron chi connectivity index (χ0n) is 11.3. The third kappa shape index (κ3) is 3.10.